The monoisotopic (exact) mass is 183 g/mol. The lowest BCUT2D eigenvalue weighted by Gasteiger charge is -2.02. The molecule has 0 aromatic carbocycles. The Morgan fingerprint density at radius 2 is 2.42 bits per heavy atom. The molecule has 0 amide bonds. The van der Waals surface area contributed by atoms with Gasteiger partial charge in [0, 0.05) is 6.20 Å². The van der Waals surface area contributed by atoms with Gasteiger partial charge in [0.2, 0.25) is 0 Å². The van der Waals surface area contributed by atoms with Crippen LogP contribution in [-0.4, -0.2) is 15.2 Å². The van der Waals surface area contributed by atoms with E-state index in [-0.39, 0.29) is 11.7 Å². The summed E-state index contributed by atoms with van der Waals surface area (Å²) in [6, 6.07) is 3.44. The second-order valence-electron chi connectivity index (χ2n) is 2.20. The van der Waals surface area contributed by atoms with Gasteiger partial charge in [-0.05, 0) is 23.8 Å². The fourth-order valence-corrected chi connectivity index (χ4v) is 0.823. The van der Waals surface area contributed by atoms with Crippen molar-refractivity contribution >= 4 is 23.1 Å². The van der Waals surface area contributed by atoms with E-state index in [1.165, 1.54) is 0 Å². The number of pyridine rings is 1. The van der Waals surface area contributed by atoms with E-state index < -0.39 is 0 Å². The zero-order valence-corrected chi connectivity index (χ0v) is 7.14. The molecule has 0 bridgehead atoms. The summed E-state index contributed by atoms with van der Waals surface area (Å²) in [6.45, 7) is -0.0135. The minimum absolute atomic E-state index is 0.0135. The van der Waals surface area contributed by atoms with E-state index in [9.17, 15) is 0 Å². The van der Waals surface area contributed by atoms with Gasteiger partial charge in [-0.1, -0.05) is 6.07 Å². The Bertz CT molecular complexity index is 272. The maximum absolute atomic E-state index is 8.70. The third-order valence-electron chi connectivity index (χ3n) is 1.26. The first-order valence-corrected chi connectivity index (χ1v) is 3.75. The Balaban J connectivity index is 2.71. The van der Waals surface area contributed by atoms with Crippen molar-refractivity contribution in [2.24, 2.45) is 5.73 Å². The Labute approximate surface area is 75.4 Å². The maximum atomic E-state index is 8.70. The lowest BCUT2D eigenvalue weighted by atomic mass is 10.3. The van der Waals surface area contributed by atoms with Crippen molar-refractivity contribution in [2.45, 2.75) is 6.61 Å². The predicted octanol–water partition coefficient (Wildman–Crippen LogP) is 0.229. The zero-order chi connectivity index (χ0) is 8.97. The average Bonchev–Trinajstić information content (AvgIpc) is 2.05. The molecule has 0 saturated heterocycles. The summed E-state index contributed by atoms with van der Waals surface area (Å²) in [4.78, 5) is 3.95. The molecule has 12 heavy (non-hydrogen) atoms. The average molecular weight is 183 g/mol. The van der Waals surface area contributed by atoms with Crippen molar-refractivity contribution < 1.29 is 5.11 Å². The normalized spacial score (nSPS) is 9.42. The van der Waals surface area contributed by atoms with Gasteiger partial charge in [0.05, 0.1) is 6.61 Å². The summed E-state index contributed by atoms with van der Waals surface area (Å²) in [7, 11) is 0. The van der Waals surface area contributed by atoms with Crippen molar-refractivity contribution in [2.75, 3.05) is 5.32 Å². The summed E-state index contributed by atoms with van der Waals surface area (Å²) < 4.78 is 0. The van der Waals surface area contributed by atoms with Crippen LogP contribution in [0.4, 0.5) is 5.82 Å². The van der Waals surface area contributed by atoms with Gasteiger partial charge < -0.3 is 16.2 Å². The highest BCUT2D eigenvalue weighted by Crippen LogP contribution is 2.03. The first-order valence-electron chi connectivity index (χ1n) is 3.34. The fraction of sp³-hybridized carbons (Fsp3) is 0.143. The number of nitrogens with two attached hydrogens (primary N) is 1. The first kappa shape index (κ1) is 8.89. The Morgan fingerprint density at radius 3 is 2.83 bits per heavy atom. The molecule has 64 valence electrons. The van der Waals surface area contributed by atoms with Crippen LogP contribution in [0.5, 0.6) is 0 Å². The Morgan fingerprint density at radius 1 is 1.67 bits per heavy atom. The van der Waals surface area contributed by atoms with Crippen LogP contribution in [0.3, 0.4) is 0 Å². The van der Waals surface area contributed by atoms with Gasteiger partial charge in [-0.2, -0.15) is 0 Å². The number of nitrogens with one attached hydrogen (secondary N) is 1. The largest absolute Gasteiger partial charge is 0.392 e. The van der Waals surface area contributed by atoms with Crippen LogP contribution in [0.25, 0.3) is 0 Å². The fourth-order valence-electron chi connectivity index (χ4n) is 0.718. The minimum atomic E-state index is -0.0135. The number of aromatic nitrogens is 1. The summed E-state index contributed by atoms with van der Waals surface area (Å²) >= 11 is 4.62. The highest BCUT2D eigenvalue weighted by molar-refractivity contribution is 7.80. The maximum Gasteiger partial charge on any atom is 0.169 e. The van der Waals surface area contributed by atoms with Gasteiger partial charge >= 0.3 is 0 Å². The number of anilines is 1. The molecule has 0 spiro atoms. The van der Waals surface area contributed by atoms with Gasteiger partial charge in [0.15, 0.2) is 5.11 Å². The molecule has 0 fully saturated rings. The first-order chi connectivity index (χ1) is 5.72. The van der Waals surface area contributed by atoms with E-state index in [0.29, 0.717) is 5.82 Å². The zero-order valence-electron chi connectivity index (χ0n) is 6.32. The number of thiocarbonyl (C=S) groups is 1. The van der Waals surface area contributed by atoms with Crippen molar-refractivity contribution in [3.05, 3.63) is 23.9 Å². The van der Waals surface area contributed by atoms with Crippen LogP contribution in [-0.2, 0) is 6.61 Å². The molecule has 4 nitrogen and oxygen atoms in total. The van der Waals surface area contributed by atoms with Crippen LogP contribution in [0, 0.1) is 0 Å². The molecule has 0 unspecified atom stereocenters. The number of nitrogens with zero attached hydrogens (tertiary/aromatic N) is 1. The SMILES string of the molecule is NC(=S)Nc1ccc(CO)cn1. The van der Waals surface area contributed by atoms with E-state index in [1.54, 1.807) is 18.3 Å². The quantitative estimate of drug-likeness (QED) is 0.572. The van der Waals surface area contributed by atoms with Crippen LogP contribution >= 0.6 is 12.2 Å². The molecule has 1 rings (SSSR count). The lowest BCUT2D eigenvalue weighted by molar-refractivity contribution is 0.281. The number of aliphatic hydroxyl groups is 1. The van der Waals surface area contributed by atoms with Crippen molar-refractivity contribution in [1.82, 2.24) is 4.98 Å². The van der Waals surface area contributed by atoms with Crippen LogP contribution in [0.15, 0.2) is 18.3 Å². The van der Waals surface area contributed by atoms with Crippen molar-refractivity contribution in [3.63, 3.8) is 0 Å². The molecular weight excluding hydrogens is 174 g/mol. The number of hydrogen-bond donors (Lipinski definition) is 3. The Kier molecular flexibility index (Phi) is 2.95. The number of aliphatic hydroxyl groups excluding tert-OH is 1. The summed E-state index contributed by atoms with van der Waals surface area (Å²) in [5.74, 6) is 0.583. The molecule has 4 N–H and O–H groups in total. The highest BCUT2D eigenvalue weighted by Gasteiger charge is 1.94. The standard InChI is InChI=1S/C7H9N3OS/c8-7(12)10-6-2-1-5(4-11)3-9-6/h1-3,11H,4H2,(H3,8,9,10,12). The van der Waals surface area contributed by atoms with Crippen molar-refractivity contribution in [3.8, 4) is 0 Å². The van der Waals surface area contributed by atoms with Crippen LogP contribution < -0.4 is 11.1 Å². The second kappa shape index (κ2) is 3.99. The Hall–Kier alpha value is -1.20. The molecule has 5 heteroatoms. The van der Waals surface area contributed by atoms with E-state index in [4.69, 9.17) is 10.8 Å². The number of hydrogen-bond acceptors (Lipinski definition) is 3. The smallest absolute Gasteiger partial charge is 0.169 e. The van der Waals surface area contributed by atoms with Gasteiger partial charge in [0.25, 0.3) is 0 Å². The van der Waals surface area contributed by atoms with Crippen LogP contribution in [0.1, 0.15) is 5.56 Å². The molecule has 0 atom stereocenters. The van der Waals surface area contributed by atoms with Gasteiger partial charge in [-0.3, -0.25) is 0 Å². The topological polar surface area (TPSA) is 71.2 Å². The van der Waals surface area contributed by atoms with Gasteiger partial charge in [-0.25, -0.2) is 4.98 Å². The number of rotatable bonds is 2. The van der Waals surface area contributed by atoms with E-state index in [2.05, 4.69) is 22.5 Å². The third-order valence-corrected chi connectivity index (χ3v) is 1.36. The summed E-state index contributed by atoms with van der Waals surface area (Å²) in [6.07, 6.45) is 1.56. The summed E-state index contributed by atoms with van der Waals surface area (Å²) in [5, 5.41) is 11.6. The lowest BCUT2D eigenvalue weighted by Crippen LogP contribution is -2.19. The molecule has 0 saturated carbocycles. The van der Waals surface area contributed by atoms with Gasteiger partial charge in [0.1, 0.15) is 5.82 Å². The second-order valence-corrected chi connectivity index (χ2v) is 2.64. The van der Waals surface area contributed by atoms with E-state index in [1.807, 2.05) is 0 Å². The van der Waals surface area contributed by atoms with Crippen molar-refractivity contribution in [1.29, 1.82) is 0 Å². The van der Waals surface area contributed by atoms with E-state index >= 15 is 0 Å². The van der Waals surface area contributed by atoms with E-state index in [0.717, 1.165) is 5.56 Å². The minimum Gasteiger partial charge on any atom is -0.392 e. The molecule has 0 radical (unpaired) electrons. The molecule has 1 heterocycles. The summed E-state index contributed by atoms with van der Waals surface area (Å²) in [5.41, 5.74) is 5.98. The molecule has 1 aromatic heterocycles. The molecule has 0 aliphatic heterocycles. The predicted molar refractivity (Wildman–Crippen MR) is 50.6 cm³/mol. The molecular formula is C7H9N3OS. The molecule has 1 aromatic rings. The van der Waals surface area contributed by atoms with Crippen LogP contribution in [0.2, 0.25) is 0 Å². The molecule has 0 aliphatic carbocycles. The third kappa shape index (κ3) is 2.44. The molecule has 0 aliphatic rings. The van der Waals surface area contributed by atoms with Gasteiger partial charge in [-0.15, -0.1) is 0 Å². The highest BCUT2D eigenvalue weighted by atomic mass is 32.1.